The smallest absolute Gasteiger partial charge is 0.611 e. The molecule has 3 heteroatoms. The van der Waals surface area contributed by atoms with Gasteiger partial charge < -0.3 is 7.58 Å². The summed E-state index contributed by atoms with van der Waals surface area (Å²) < 4.78 is 14.6. The third kappa shape index (κ3) is 7.24. The van der Waals surface area contributed by atoms with E-state index >= 15 is 0 Å². The topological polar surface area (TPSA) is 18.5 Å². The predicted octanol–water partition coefficient (Wildman–Crippen LogP) is 11.6. The van der Waals surface area contributed by atoms with Crippen LogP contribution < -0.4 is 7.58 Å². The SMILES string of the molecule is Cc1cc(-c2ccccc2)c([O][Al]([CH2]C(C)C)[O]c2c(-c3ccccc3)cc(C)cc2-c2ccccc2)c(-c2ccccc2)c1. The maximum Gasteiger partial charge on any atom is 0.857 e. The summed E-state index contributed by atoms with van der Waals surface area (Å²) in [6.45, 7) is 8.83. The molecule has 0 saturated heterocycles. The van der Waals surface area contributed by atoms with Gasteiger partial charge in [-0.25, -0.2) is 0 Å². The molecule has 0 saturated carbocycles. The average Bonchev–Trinajstić information content (AvgIpc) is 3.07. The second-order valence-electron chi connectivity index (χ2n) is 12.1. The maximum absolute atomic E-state index is 7.28. The normalized spacial score (nSPS) is 11.0. The van der Waals surface area contributed by atoms with E-state index in [9.17, 15) is 0 Å². The zero-order chi connectivity index (χ0) is 31.2. The Kier molecular flexibility index (Phi) is 9.51. The first-order valence-corrected chi connectivity index (χ1v) is 17.6. The van der Waals surface area contributed by atoms with E-state index < -0.39 is 14.8 Å². The molecular weight excluding hydrogens is 563 g/mol. The number of hydrogen-bond donors (Lipinski definition) is 0. The van der Waals surface area contributed by atoms with Crippen LogP contribution in [0.2, 0.25) is 5.28 Å². The molecule has 222 valence electrons. The van der Waals surface area contributed by atoms with Gasteiger partial charge in [-0.2, -0.15) is 0 Å². The van der Waals surface area contributed by atoms with Crippen molar-refractivity contribution in [3.8, 4) is 56.0 Å². The standard InChI is InChI=1S/2C19H16O.C4H9.Al/c2*1-14-12-17(15-8-4-2-5-9-15)19(20)18(13-14)16-10-6-3-7-11-16;1-4(2)3;/h2*2-13,20H,1H3;4H,1H2,2-3H3;/q;;;+2/p-2. The van der Waals surface area contributed by atoms with E-state index in [1.165, 1.54) is 11.1 Å². The second kappa shape index (κ2) is 14.0. The van der Waals surface area contributed by atoms with Crippen LogP contribution in [0.4, 0.5) is 0 Å². The molecule has 0 radical (unpaired) electrons. The largest absolute Gasteiger partial charge is 0.857 e. The van der Waals surface area contributed by atoms with Gasteiger partial charge in [-0.05, 0) is 76.8 Å². The molecule has 0 bridgehead atoms. The fourth-order valence-corrected chi connectivity index (χ4v) is 7.94. The van der Waals surface area contributed by atoms with Gasteiger partial charge in [-0.15, -0.1) is 0 Å². The highest BCUT2D eigenvalue weighted by atomic mass is 27.2. The van der Waals surface area contributed by atoms with Crippen molar-refractivity contribution in [3.63, 3.8) is 0 Å². The Balaban J connectivity index is 1.53. The van der Waals surface area contributed by atoms with Gasteiger partial charge in [0.25, 0.3) is 0 Å². The van der Waals surface area contributed by atoms with Crippen molar-refractivity contribution < 1.29 is 7.58 Å². The second-order valence-corrected chi connectivity index (χ2v) is 13.9. The summed E-state index contributed by atoms with van der Waals surface area (Å²) in [4.78, 5) is 0. The Morgan fingerprint density at radius 1 is 0.444 bits per heavy atom. The Bertz CT molecular complexity index is 1590. The lowest BCUT2D eigenvalue weighted by Gasteiger charge is -2.26. The Morgan fingerprint density at radius 2 is 0.711 bits per heavy atom. The fourth-order valence-electron chi connectivity index (χ4n) is 5.90. The van der Waals surface area contributed by atoms with Crippen molar-refractivity contribution in [1.29, 1.82) is 0 Å². The Labute approximate surface area is 273 Å². The van der Waals surface area contributed by atoms with E-state index in [0.717, 1.165) is 61.3 Å². The quantitative estimate of drug-likeness (QED) is 0.145. The van der Waals surface area contributed by atoms with Crippen LogP contribution in [0.5, 0.6) is 11.5 Å². The minimum atomic E-state index is -2.38. The van der Waals surface area contributed by atoms with Crippen LogP contribution in [0.15, 0.2) is 146 Å². The molecule has 0 aromatic heterocycles. The van der Waals surface area contributed by atoms with Gasteiger partial charge in [0.2, 0.25) is 0 Å². The van der Waals surface area contributed by atoms with Crippen molar-refractivity contribution in [2.45, 2.75) is 33.0 Å². The highest BCUT2D eigenvalue weighted by Gasteiger charge is 2.37. The molecule has 0 N–H and O–H groups in total. The Morgan fingerprint density at radius 3 is 0.956 bits per heavy atom. The Hall–Kier alpha value is -4.55. The number of hydrogen-bond acceptors (Lipinski definition) is 2. The van der Waals surface area contributed by atoms with E-state index in [1.807, 2.05) is 0 Å². The molecule has 0 amide bonds. The van der Waals surface area contributed by atoms with Gasteiger partial charge in [0, 0.05) is 22.3 Å². The van der Waals surface area contributed by atoms with Crippen LogP contribution >= 0.6 is 0 Å². The predicted molar refractivity (Wildman–Crippen MR) is 191 cm³/mol. The van der Waals surface area contributed by atoms with Crippen LogP contribution in [0, 0.1) is 19.8 Å². The lowest BCUT2D eigenvalue weighted by Crippen LogP contribution is -2.32. The molecule has 0 aliphatic heterocycles. The lowest BCUT2D eigenvalue weighted by atomic mass is 9.95. The molecule has 6 aromatic rings. The fraction of sp³-hybridized carbons (Fsp3) is 0.143. The van der Waals surface area contributed by atoms with Gasteiger partial charge in [0.1, 0.15) is 0 Å². The monoisotopic (exact) mass is 602 g/mol. The van der Waals surface area contributed by atoms with Gasteiger partial charge in [-0.1, -0.05) is 141 Å². The summed E-state index contributed by atoms with van der Waals surface area (Å²) in [5, 5.41) is 0.854. The first-order valence-electron chi connectivity index (χ1n) is 15.8. The van der Waals surface area contributed by atoms with Crippen molar-refractivity contribution in [1.82, 2.24) is 0 Å². The molecule has 0 heterocycles. The average molecular weight is 603 g/mol. The molecule has 0 fully saturated rings. The van der Waals surface area contributed by atoms with Crippen LogP contribution in [0.1, 0.15) is 25.0 Å². The third-order valence-corrected chi connectivity index (χ3v) is 10.3. The summed E-state index contributed by atoms with van der Waals surface area (Å²) in [5.41, 5.74) is 11.3. The van der Waals surface area contributed by atoms with Gasteiger partial charge in [-0.3, -0.25) is 0 Å². The zero-order valence-corrected chi connectivity index (χ0v) is 27.7. The maximum atomic E-state index is 7.28. The molecule has 0 atom stereocenters. The van der Waals surface area contributed by atoms with Crippen LogP contribution in [0.25, 0.3) is 44.5 Å². The lowest BCUT2D eigenvalue weighted by molar-refractivity contribution is 0.413. The van der Waals surface area contributed by atoms with Gasteiger partial charge in [0.15, 0.2) is 0 Å². The van der Waals surface area contributed by atoms with Crippen LogP contribution in [-0.4, -0.2) is 14.8 Å². The summed E-state index contributed by atoms with van der Waals surface area (Å²) in [6, 6.07) is 51.3. The number of rotatable bonds is 10. The first-order chi connectivity index (χ1) is 22.0. The van der Waals surface area contributed by atoms with E-state index in [1.54, 1.807) is 0 Å². The molecule has 6 aromatic carbocycles. The third-order valence-electron chi connectivity index (χ3n) is 7.97. The van der Waals surface area contributed by atoms with Crippen LogP contribution in [0.3, 0.4) is 0 Å². The van der Waals surface area contributed by atoms with Gasteiger partial charge >= 0.3 is 14.8 Å². The molecule has 0 aliphatic carbocycles. The minimum Gasteiger partial charge on any atom is -0.611 e. The molecule has 2 nitrogen and oxygen atoms in total. The van der Waals surface area contributed by atoms with E-state index in [0.29, 0.717) is 5.92 Å². The number of benzene rings is 6. The summed E-state index contributed by atoms with van der Waals surface area (Å²) >= 11 is -2.38. The van der Waals surface area contributed by atoms with E-state index in [2.05, 4.69) is 173 Å². The zero-order valence-electron chi connectivity index (χ0n) is 26.5. The summed E-state index contributed by atoms with van der Waals surface area (Å²) in [6.07, 6.45) is 0. The highest BCUT2D eigenvalue weighted by molar-refractivity contribution is 6.47. The molecule has 6 rings (SSSR count). The van der Waals surface area contributed by atoms with E-state index in [-0.39, 0.29) is 0 Å². The minimum absolute atomic E-state index is 0.401. The van der Waals surface area contributed by atoms with E-state index in [4.69, 9.17) is 7.58 Å². The molecular formula is C42H39AlO2. The van der Waals surface area contributed by atoms with Crippen LogP contribution in [-0.2, 0) is 0 Å². The van der Waals surface area contributed by atoms with Gasteiger partial charge in [0.05, 0.1) is 11.5 Å². The van der Waals surface area contributed by atoms with Crippen molar-refractivity contribution >= 4 is 14.8 Å². The first kappa shape index (κ1) is 30.5. The molecule has 0 aliphatic rings. The van der Waals surface area contributed by atoms with Crippen molar-refractivity contribution in [2.24, 2.45) is 5.92 Å². The summed E-state index contributed by atoms with van der Waals surface area (Å²) in [5.74, 6) is 2.19. The highest BCUT2D eigenvalue weighted by Crippen LogP contribution is 2.44. The molecule has 0 spiro atoms. The number of aryl methyl sites for hydroxylation is 2. The van der Waals surface area contributed by atoms with Crippen molar-refractivity contribution in [2.75, 3.05) is 0 Å². The molecule has 45 heavy (non-hydrogen) atoms. The van der Waals surface area contributed by atoms with Crippen molar-refractivity contribution in [3.05, 3.63) is 157 Å². The summed E-state index contributed by atoms with van der Waals surface area (Å²) in [7, 11) is 0. The molecule has 0 unspecified atom stereocenters.